The molecule has 0 atom stereocenters. The first-order valence-corrected chi connectivity index (χ1v) is 8.57. The van der Waals surface area contributed by atoms with E-state index in [4.69, 9.17) is 11.5 Å². The van der Waals surface area contributed by atoms with Gasteiger partial charge in [0.2, 0.25) is 0 Å². The van der Waals surface area contributed by atoms with Gasteiger partial charge in [-0.1, -0.05) is 13.8 Å². The fraction of sp³-hybridized carbons (Fsp3) is 0.941. The van der Waals surface area contributed by atoms with Gasteiger partial charge < -0.3 is 21.5 Å². The molecular weight excluding hydrogens is 278 g/mol. The van der Waals surface area contributed by atoms with E-state index in [1.54, 1.807) is 20.8 Å². The van der Waals surface area contributed by atoms with E-state index in [0.29, 0.717) is 5.41 Å². The summed E-state index contributed by atoms with van der Waals surface area (Å²) in [6.45, 7) is 13.1. The molecular formula is C17H37N3O2. The molecule has 0 unspecified atom stereocenters. The monoisotopic (exact) mass is 315 g/mol. The molecule has 1 aliphatic heterocycles. The molecule has 0 bridgehead atoms. The van der Waals surface area contributed by atoms with Crippen molar-refractivity contribution >= 4 is 6.09 Å². The summed E-state index contributed by atoms with van der Waals surface area (Å²) in [5.41, 5.74) is 10.6. The molecule has 22 heavy (non-hydrogen) atoms. The van der Waals surface area contributed by atoms with Crippen molar-refractivity contribution in [1.82, 2.24) is 5.32 Å². The Morgan fingerprint density at radius 2 is 1.68 bits per heavy atom. The maximum Gasteiger partial charge on any atom is 0.405 e. The lowest BCUT2D eigenvalue weighted by Gasteiger charge is -2.35. The quantitative estimate of drug-likeness (QED) is 0.727. The van der Waals surface area contributed by atoms with Crippen LogP contribution in [-0.2, 0) is 4.74 Å². The van der Waals surface area contributed by atoms with Gasteiger partial charge in [0.1, 0.15) is 5.60 Å². The molecule has 1 aliphatic rings. The van der Waals surface area contributed by atoms with Gasteiger partial charge in [0.05, 0.1) is 0 Å². The van der Waals surface area contributed by atoms with E-state index in [-0.39, 0.29) is 0 Å². The Balaban J connectivity index is 0.000000472. The highest BCUT2D eigenvalue weighted by Gasteiger charge is 2.28. The number of primary amides is 1. The molecule has 0 saturated carbocycles. The summed E-state index contributed by atoms with van der Waals surface area (Å²) in [4.78, 5) is 10.0. The average molecular weight is 316 g/mol. The number of hydrogen-bond donors (Lipinski definition) is 3. The van der Waals surface area contributed by atoms with Crippen LogP contribution in [0.4, 0.5) is 4.79 Å². The van der Waals surface area contributed by atoms with Crippen LogP contribution in [0.3, 0.4) is 0 Å². The largest absolute Gasteiger partial charge is 0.444 e. The minimum Gasteiger partial charge on any atom is -0.444 e. The van der Waals surface area contributed by atoms with Gasteiger partial charge >= 0.3 is 6.09 Å². The number of carbonyl (C=O) groups excluding carboxylic acids is 1. The van der Waals surface area contributed by atoms with Crippen LogP contribution in [0.2, 0.25) is 0 Å². The zero-order valence-corrected chi connectivity index (χ0v) is 15.2. The van der Waals surface area contributed by atoms with Crippen molar-refractivity contribution in [3.05, 3.63) is 0 Å². The second kappa shape index (κ2) is 10.1. The van der Waals surface area contributed by atoms with E-state index in [1.165, 1.54) is 45.2 Å². The number of rotatable bonds is 5. The summed E-state index contributed by atoms with van der Waals surface area (Å²) in [5, 5.41) is 3.42. The summed E-state index contributed by atoms with van der Waals surface area (Å²) in [6.07, 6.45) is 5.80. The van der Waals surface area contributed by atoms with E-state index in [0.717, 1.165) is 12.5 Å². The van der Waals surface area contributed by atoms with Crippen molar-refractivity contribution < 1.29 is 9.53 Å². The third-order valence-electron chi connectivity index (χ3n) is 4.52. The number of nitrogens with two attached hydrogens (primary N) is 2. The molecule has 1 amide bonds. The van der Waals surface area contributed by atoms with E-state index in [9.17, 15) is 4.79 Å². The molecule has 0 aliphatic carbocycles. The molecule has 5 heteroatoms. The van der Waals surface area contributed by atoms with E-state index in [1.807, 2.05) is 0 Å². The lowest BCUT2D eigenvalue weighted by molar-refractivity contribution is 0.0600. The fourth-order valence-electron chi connectivity index (χ4n) is 2.91. The third kappa shape index (κ3) is 9.26. The lowest BCUT2D eigenvalue weighted by Crippen LogP contribution is -2.35. The van der Waals surface area contributed by atoms with Gasteiger partial charge in [0.25, 0.3) is 0 Å². The van der Waals surface area contributed by atoms with Gasteiger partial charge in [-0.25, -0.2) is 4.79 Å². The Morgan fingerprint density at radius 1 is 1.18 bits per heavy atom. The molecule has 1 saturated heterocycles. The zero-order chi connectivity index (χ0) is 17.2. The number of nitrogens with one attached hydrogen (secondary N) is 1. The summed E-state index contributed by atoms with van der Waals surface area (Å²) < 4.78 is 4.58. The normalized spacial score (nSPS) is 16.6. The van der Waals surface area contributed by atoms with Crippen LogP contribution in [0.15, 0.2) is 0 Å². The number of hydrogen-bond acceptors (Lipinski definition) is 4. The summed E-state index contributed by atoms with van der Waals surface area (Å²) in [6, 6.07) is 0. The van der Waals surface area contributed by atoms with Crippen LogP contribution in [0.1, 0.15) is 66.7 Å². The van der Waals surface area contributed by atoms with Gasteiger partial charge in [0.15, 0.2) is 0 Å². The van der Waals surface area contributed by atoms with Gasteiger partial charge in [-0.3, -0.25) is 0 Å². The molecule has 0 aromatic rings. The van der Waals surface area contributed by atoms with Crippen molar-refractivity contribution in [3.8, 4) is 0 Å². The van der Waals surface area contributed by atoms with Crippen LogP contribution in [-0.4, -0.2) is 31.3 Å². The molecule has 0 aromatic carbocycles. The van der Waals surface area contributed by atoms with Gasteiger partial charge in [-0.15, -0.1) is 0 Å². The first kappa shape index (κ1) is 21.2. The number of ether oxygens (including phenoxy) is 1. The van der Waals surface area contributed by atoms with Crippen molar-refractivity contribution in [3.63, 3.8) is 0 Å². The molecule has 132 valence electrons. The summed E-state index contributed by atoms with van der Waals surface area (Å²) in [7, 11) is 0. The standard InChI is InChI=1S/C12H26N2.C5H11NO2/c1-3-12(4-2,10-13)9-11-5-7-14-8-6-11;1-5(2,3)8-4(6)7/h11,14H,3-10,13H2,1-2H3;1-3H3,(H2,6,7). The molecule has 0 spiro atoms. The van der Waals surface area contributed by atoms with Gasteiger partial charge in [-0.2, -0.15) is 0 Å². The predicted molar refractivity (Wildman–Crippen MR) is 92.7 cm³/mol. The van der Waals surface area contributed by atoms with Gasteiger partial charge in [-0.05, 0) is 83.8 Å². The lowest BCUT2D eigenvalue weighted by atomic mass is 9.73. The molecule has 1 fully saturated rings. The Kier molecular flexibility index (Phi) is 9.69. The van der Waals surface area contributed by atoms with E-state index < -0.39 is 11.7 Å². The first-order chi connectivity index (χ1) is 10.2. The SMILES string of the molecule is CC(C)(C)OC(N)=O.CCC(CC)(CN)CC1CCNCC1. The smallest absolute Gasteiger partial charge is 0.405 e. The van der Waals surface area contributed by atoms with Crippen LogP contribution in [0.25, 0.3) is 0 Å². The highest BCUT2D eigenvalue weighted by atomic mass is 16.6. The first-order valence-electron chi connectivity index (χ1n) is 8.57. The zero-order valence-electron chi connectivity index (χ0n) is 15.2. The molecule has 0 aromatic heterocycles. The summed E-state index contributed by atoms with van der Waals surface area (Å²) in [5.74, 6) is 0.916. The van der Waals surface area contributed by atoms with E-state index >= 15 is 0 Å². The topological polar surface area (TPSA) is 90.4 Å². The van der Waals surface area contributed by atoms with Crippen molar-refractivity contribution in [2.45, 2.75) is 72.3 Å². The third-order valence-corrected chi connectivity index (χ3v) is 4.52. The molecule has 1 rings (SSSR count). The maximum absolute atomic E-state index is 10.0. The minimum absolute atomic E-state index is 0.433. The van der Waals surface area contributed by atoms with Crippen molar-refractivity contribution in [1.29, 1.82) is 0 Å². The predicted octanol–water partition coefficient (Wildman–Crippen LogP) is 3.02. The van der Waals surface area contributed by atoms with Crippen molar-refractivity contribution in [2.75, 3.05) is 19.6 Å². The Hall–Kier alpha value is -0.810. The van der Waals surface area contributed by atoms with Crippen LogP contribution in [0, 0.1) is 11.3 Å². The molecule has 5 N–H and O–H groups in total. The van der Waals surface area contributed by atoms with Crippen LogP contribution < -0.4 is 16.8 Å². The highest BCUT2D eigenvalue weighted by molar-refractivity contribution is 5.65. The average Bonchev–Trinajstić information content (AvgIpc) is 2.44. The fourth-order valence-corrected chi connectivity index (χ4v) is 2.91. The molecule has 1 heterocycles. The second-order valence-electron chi connectivity index (χ2n) is 7.34. The van der Waals surface area contributed by atoms with Crippen molar-refractivity contribution in [2.24, 2.45) is 22.8 Å². The Labute approximate surface area is 136 Å². The number of piperidine rings is 1. The molecule has 0 radical (unpaired) electrons. The maximum atomic E-state index is 10.0. The Morgan fingerprint density at radius 3 is 1.95 bits per heavy atom. The summed E-state index contributed by atoms with van der Waals surface area (Å²) >= 11 is 0. The number of carbonyl (C=O) groups is 1. The van der Waals surface area contributed by atoms with Gasteiger partial charge in [0, 0.05) is 0 Å². The second-order valence-corrected chi connectivity index (χ2v) is 7.34. The van der Waals surface area contributed by atoms with Crippen LogP contribution >= 0.6 is 0 Å². The van der Waals surface area contributed by atoms with Crippen LogP contribution in [0.5, 0.6) is 0 Å². The number of amides is 1. The van der Waals surface area contributed by atoms with E-state index in [2.05, 4.69) is 23.9 Å². The minimum atomic E-state index is -0.725. The highest BCUT2D eigenvalue weighted by Crippen LogP contribution is 2.35. The Bertz CT molecular complexity index is 295. The molecule has 5 nitrogen and oxygen atoms in total.